The maximum Gasteiger partial charge on any atom is 0.347 e. The van der Waals surface area contributed by atoms with Crippen LogP contribution in [-0.4, -0.2) is 24.7 Å². The highest BCUT2D eigenvalue weighted by molar-refractivity contribution is 5.75. The Hall–Kier alpha value is -0.740. The topological polar surface area (TPSA) is 26.3 Å². The molecule has 0 radical (unpaired) electrons. The van der Waals surface area contributed by atoms with Gasteiger partial charge in [-0.1, -0.05) is 0 Å². The molecule has 1 unspecified atom stereocenters. The molecule has 0 aliphatic heterocycles. The largest absolute Gasteiger partial charge is 0.464 e. The zero-order chi connectivity index (χ0) is 9.07. The van der Waals surface area contributed by atoms with Crippen molar-refractivity contribution >= 4 is 5.97 Å². The molecular formula is C6H9F3O2. The minimum atomic E-state index is -3.66. The fourth-order valence-corrected chi connectivity index (χ4v) is 0.422. The van der Waals surface area contributed by atoms with E-state index < -0.39 is 18.1 Å². The SMILES string of the molecule is CCOC(=O)C(F)C(C)(F)F. The summed E-state index contributed by atoms with van der Waals surface area (Å²) >= 11 is 0. The van der Waals surface area contributed by atoms with Crippen LogP contribution in [0.4, 0.5) is 13.2 Å². The van der Waals surface area contributed by atoms with Gasteiger partial charge in [0.1, 0.15) is 0 Å². The highest BCUT2D eigenvalue weighted by atomic mass is 19.3. The Morgan fingerprint density at radius 1 is 1.64 bits per heavy atom. The van der Waals surface area contributed by atoms with Crippen LogP contribution >= 0.6 is 0 Å². The molecule has 0 bridgehead atoms. The Morgan fingerprint density at radius 3 is 2.36 bits per heavy atom. The Morgan fingerprint density at radius 2 is 2.09 bits per heavy atom. The van der Waals surface area contributed by atoms with Gasteiger partial charge in [-0.2, -0.15) is 0 Å². The maximum absolute atomic E-state index is 12.3. The number of ether oxygens (including phenoxy) is 1. The highest BCUT2D eigenvalue weighted by Crippen LogP contribution is 2.21. The molecule has 0 fully saturated rings. The number of hydrogen-bond acceptors (Lipinski definition) is 2. The Kier molecular flexibility index (Phi) is 3.35. The van der Waals surface area contributed by atoms with Crippen molar-refractivity contribution in [2.24, 2.45) is 0 Å². The summed E-state index contributed by atoms with van der Waals surface area (Å²) in [4.78, 5) is 10.3. The average molecular weight is 170 g/mol. The smallest absolute Gasteiger partial charge is 0.347 e. The van der Waals surface area contributed by atoms with Crippen LogP contribution in [-0.2, 0) is 9.53 Å². The first kappa shape index (κ1) is 10.3. The predicted octanol–water partition coefficient (Wildman–Crippen LogP) is 1.54. The van der Waals surface area contributed by atoms with Crippen LogP contribution in [0.25, 0.3) is 0 Å². The first-order chi connectivity index (χ1) is 4.89. The zero-order valence-corrected chi connectivity index (χ0v) is 6.23. The molecule has 11 heavy (non-hydrogen) atoms. The van der Waals surface area contributed by atoms with Crippen molar-refractivity contribution in [3.8, 4) is 0 Å². The lowest BCUT2D eigenvalue weighted by molar-refractivity contribution is -0.163. The van der Waals surface area contributed by atoms with Crippen LogP contribution in [0.2, 0.25) is 0 Å². The molecule has 0 saturated carbocycles. The maximum atomic E-state index is 12.3. The molecule has 0 aromatic carbocycles. The molecule has 0 aliphatic carbocycles. The van der Waals surface area contributed by atoms with Crippen LogP contribution in [0.15, 0.2) is 0 Å². The van der Waals surface area contributed by atoms with Gasteiger partial charge in [0.05, 0.1) is 6.61 Å². The average Bonchev–Trinajstić information content (AvgIpc) is 1.85. The molecule has 0 aromatic heterocycles. The van der Waals surface area contributed by atoms with E-state index >= 15 is 0 Å². The third kappa shape index (κ3) is 3.25. The number of hydrogen-bond donors (Lipinski definition) is 0. The number of carbonyl (C=O) groups is 1. The van der Waals surface area contributed by atoms with Gasteiger partial charge in [0.25, 0.3) is 12.1 Å². The highest BCUT2D eigenvalue weighted by Gasteiger charge is 2.41. The molecule has 0 aliphatic rings. The van der Waals surface area contributed by atoms with E-state index in [0.29, 0.717) is 6.92 Å². The molecule has 66 valence electrons. The number of halogens is 3. The van der Waals surface area contributed by atoms with Crippen molar-refractivity contribution in [2.45, 2.75) is 25.9 Å². The van der Waals surface area contributed by atoms with Crippen LogP contribution < -0.4 is 0 Å². The number of alkyl halides is 3. The monoisotopic (exact) mass is 170 g/mol. The van der Waals surface area contributed by atoms with Gasteiger partial charge in [0, 0.05) is 6.92 Å². The minimum Gasteiger partial charge on any atom is -0.464 e. The van der Waals surface area contributed by atoms with Crippen molar-refractivity contribution in [3.63, 3.8) is 0 Å². The normalized spacial score (nSPS) is 14.3. The molecule has 0 amide bonds. The standard InChI is InChI=1S/C6H9F3O2/c1-3-11-5(10)4(7)6(2,8)9/h4H,3H2,1-2H3. The third-order valence-electron chi connectivity index (χ3n) is 0.939. The molecule has 0 aromatic rings. The fraction of sp³-hybridized carbons (Fsp3) is 0.833. The molecule has 0 spiro atoms. The summed E-state index contributed by atoms with van der Waals surface area (Å²) in [5.74, 6) is -5.17. The zero-order valence-electron chi connectivity index (χ0n) is 6.23. The van der Waals surface area contributed by atoms with Crippen LogP contribution in [0.3, 0.4) is 0 Å². The van der Waals surface area contributed by atoms with Crippen molar-refractivity contribution in [2.75, 3.05) is 6.61 Å². The van der Waals surface area contributed by atoms with Gasteiger partial charge in [-0.05, 0) is 6.92 Å². The van der Waals surface area contributed by atoms with E-state index in [-0.39, 0.29) is 6.61 Å². The lowest BCUT2D eigenvalue weighted by Crippen LogP contribution is -2.35. The number of rotatable bonds is 3. The van der Waals surface area contributed by atoms with Gasteiger partial charge in [-0.15, -0.1) is 0 Å². The van der Waals surface area contributed by atoms with Crippen LogP contribution in [0.1, 0.15) is 13.8 Å². The molecule has 2 nitrogen and oxygen atoms in total. The molecular weight excluding hydrogens is 161 g/mol. The summed E-state index contributed by atoms with van der Waals surface area (Å²) in [6.07, 6.45) is -2.86. The van der Waals surface area contributed by atoms with Crippen LogP contribution in [0, 0.1) is 0 Å². The second-order valence-electron chi connectivity index (χ2n) is 2.07. The third-order valence-corrected chi connectivity index (χ3v) is 0.939. The van der Waals surface area contributed by atoms with E-state index in [9.17, 15) is 18.0 Å². The van der Waals surface area contributed by atoms with Crippen molar-refractivity contribution < 1.29 is 22.7 Å². The molecule has 0 saturated heterocycles. The lowest BCUT2D eigenvalue weighted by Gasteiger charge is -2.13. The van der Waals surface area contributed by atoms with E-state index in [4.69, 9.17) is 0 Å². The number of carbonyl (C=O) groups excluding carboxylic acids is 1. The minimum absolute atomic E-state index is 0.102. The summed E-state index contributed by atoms with van der Waals surface area (Å²) in [5, 5.41) is 0. The molecule has 5 heteroatoms. The van der Waals surface area contributed by atoms with Gasteiger partial charge in [0.2, 0.25) is 0 Å². The van der Waals surface area contributed by atoms with Crippen molar-refractivity contribution in [3.05, 3.63) is 0 Å². The predicted molar refractivity (Wildman–Crippen MR) is 32.1 cm³/mol. The molecule has 0 rings (SSSR count). The molecule has 0 N–H and O–H groups in total. The Bertz CT molecular complexity index is 141. The molecule has 1 atom stereocenters. The van der Waals surface area contributed by atoms with Crippen molar-refractivity contribution in [1.29, 1.82) is 0 Å². The van der Waals surface area contributed by atoms with Gasteiger partial charge >= 0.3 is 5.97 Å². The van der Waals surface area contributed by atoms with Gasteiger partial charge in [0.15, 0.2) is 0 Å². The first-order valence-corrected chi connectivity index (χ1v) is 3.08. The fourth-order valence-electron chi connectivity index (χ4n) is 0.422. The van der Waals surface area contributed by atoms with E-state index in [1.54, 1.807) is 0 Å². The summed E-state index contributed by atoms with van der Waals surface area (Å²) in [6, 6.07) is 0. The van der Waals surface area contributed by atoms with Gasteiger partial charge in [-0.3, -0.25) is 0 Å². The Balaban J connectivity index is 4.03. The lowest BCUT2D eigenvalue weighted by atomic mass is 10.2. The first-order valence-electron chi connectivity index (χ1n) is 3.08. The van der Waals surface area contributed by atoms with E-state index in [1.165, 1.54) is 6.92 Å². The van der Waals surface area contributed by atoms with Crippen molar-refractivity contribution in [1.82, 2.24) is 0 Å². The van der Waals surface area contributed by atoms with E-state index in [1.807, 2.05) is 0 Å². The summed E-state index contributed by atoms with van der Waals surface area (Å²) in [6.45, 7) is 1.64. The van der Waals surface area contributed by atoms with E-state index in [2.05, 4.69) is 4.74 Å². The second-order valence-corrected chi connectivity index (χ2v) is 2.07. The summed E-state index contributed by atoms with van der Waals surface area (Å²) in [7, 11) is 0. The van der Waals surface area contributed by atoms with Crippen LogP contribution in [0.5, 0.6) is 0 Å². The van der Waals surface area contributed by atoms with Gasteiger partial charge in [-0.25, -0.2) is 18.0 Å². The quantitative estimate of drug-likeness (QED) is 0.600. The number of esters is 1. The van der Waals surface area contributed by atoms with E-state index in [0.717, 1.165) is 0 Å². The molecule has 0 heterocycles. The summed E-state index contributed by atoms with van der Waals surface area (Å²) < 4.78 is 40.3. The second kappa shape index (κ2) is 3.59. The Labute approximate surface area is 62.3 Å². The van der Waals surface area contributed by atoms with Gasteiger partial charge < -0.3 is 4.74 Å². The summed E-state index contributed by atoms with van der Waals surface area (Å²) in [5.41, 5.74) is 0.